The van der Waals surface area contributed by atoms with E-state index in [1.807, 2.05) is 34.9 Å². The number of amides is 1. The van der Waals surface area contributed by atoms with Gasteiger partial charge in [0.25, 0.3) is 0 Å². The fraction of sp³-hybridized carbons (Fsp3) is 0.476. The topological polar surface area (TPSA) is 83.3 Å². The van der Waals surface area contributed by atoms with Gasteiger partial charge in [-0.05, 0) is 24.8 Å². The molecule has 2 N–H and O–H groups in total. The average molecular weight is 381 g/mol. The van der Waals surface area contributed by atoms with Crippen LogP contribution in [0.15, 0.2) is 55.1 Å². The van der Waals surface area contributed by atoms with E-state index in [1.165, 1.54) is 0 Å². The number of nitrogens with one attached hydrogen (secondary N) is 1. The molecular weight excluding hydrogens is 354 g/mol. The van der Waals surface area contributed by atoms with Crippen molar-refractivity contribution < 1.29 is 9.90 Å². The summed E-state index contributed by atoms with van der Waals surface area (Å²) in [4.78, 5) is 15.1. The molecule has 1 aromatic heterocycles. The second-order valence-electron chi connectivity index (χ2n) is 7.73. The quantitative estimate of drug-likeness (QED) is 0.738. The number of carbonyl (C=O) groups excluding carboxylic acids is 1. The van der Waals surface area contributed by atoms with E-state index in [0.717, 1.165) is 38.0 Å². The van der Waals surface area contributed by atoms with E-state index in [2.05, 4.69) is 32.6 Å². The molecule has 0 bridgehead atoms. The van der Waals surface area contributed by atoms with Gasteiger partial charge in [0.2, 0.25) is 5.91 Å². The van der Waals surface area contributed by atoms with E-state index in [0.29, 0.717) is 13.0 Å². The zero-order chi connectivity index (χ0) is 19.4. The number of benzene rings is 1. The van der Waals surface area contributed by atoms with Crippen LogP contribution in [-0.4, -0.2) is 56.4 Å². The molecule has 7 nitrogen and oxygen atoms in total. The fourth-order valence-corrected chi connectivity index (χ4v) is 4.23. The molecule has 1 saturated heterocycles. The Morgan fingerprint density at radius 3 is 2.54 bits per heavy atom. The average Bonchev–Trinajstić information content (AvgIpc) is 3.43. The second-order valence-corrected chi connectivity index (χ2v) is 7.73. The highest BCUT2D eigenvalue weighted by atomic mass is 16.3. The maximum atomic E-state index is 12.9. The van der Waals surface area contributed by atoms with Crippen molar-refractivity contribution in [3.05, 3.63) is 60.7 Å². The minimum Gasteiger partial charge on any atom is -0.389 e. The molecule has 28 heavy (non-hydrogen) atoms. The van der Waals surface area contributed by atoms with Crippen molar-refractivity contribution in [3.63, 3.8) is 0 Å². The van der Waals surface area contributed by atoms with Gasteiger partial charge in [0.05, 0.1) is 11.6 Å². The Morgan fingerprint density at radius 1 is 1.14 bits per heavy atom. The first kappa shape index (κ1) is 18.8. The summed E-state index contributed by atoms with van der Waals surface area (Å²) in [7, 11) is 0. The summed E-state index contributed by atoms with van der Waals surface area (Å²) in [6.07, 6.45) is 9.06. The van der Waals surface area contributed by atoms with Gasteiger partial charge in [0, 0.05) is 32.1 Å². The number of rotatable bonds is 6. The SMILES string of the molecule is O=C(N[C@]1(c2ccccc2)CCN(CCn2cnnc2)C[C@H]1O)C1CC=CC1. The van der Waals surface area contributed by atoms with E-state index in [4.69, 9.17) is 0 Å². The van der Waals surface area contributed by atoms with Gasteiger partial charge < -0.3 is 15.0 Å². The number of carbonyl (C=O) groups is 1. The number of hydrogen-bond acceptors (Lipinski definition) is 5. The molecule has 1 aromatic carbocycles. The summed E-state index contributed by atoms with van der Waals surface area (Å²) < 4.78 is 1.93. The lowest BCUT2D eigenvalue weighted by molar-refractivity contribution is -0.130. The van der Waals surface area contributed by atoms with Crippen molar-refractivity contribution in [1.82, 2.24) is 25.0 Å². The highest BCUT2D eigenvalue weighted by Crippen LogP contribution is 2.34. The normalized spacial score (nSPS) is 25.8. The molecule has 7 heteroatoms. The van der Waals surface area contributed by atoms with Crippen molar-refractivity contribution in [2.45, 2.75) is 37.5 Å². The first-order valence-corrected chi connectivity index (χ1v) is 9.93. The van der Waals surface area contributed by atoms with Crippen LogP contribution in [0, 0.1) is 5.92 Å². The summed E-state index contributed by atoms with van der Waals surface area (Å²) >= 11 is 0. The van der Waals surface area contributed by atoms with Gasteiger partial charge in [-0.25, -0.2) is 0 Å². The van der Waals surface area contributed by atoms with Crippen molar-refractivity contribution in [1.29, 1.82) is 0 Å². The lowest BCUT2D eigenvalue weighted by atomic mass is 9.78. The van der Waals surface area contributed by atoms with Crippen molar-refractivity contribution in [3.8, 4) is 0 Å². The molecule has 1 aliphatic carbocycles. The summed E-state index contributed by atoms with van der Waals surface area (Å²) in [5, 5.41) is 22.1. The number of β-amino-alcohol motifs (C(OH)–C–C–N with tert-alkyl or cyclic N) is 1. The predicted octanol–water partition coefficient (Wildman–Crippen LogP) is 1.32. The zero-order valence-electron chi connectivity index (χ0n) is 15.9. The summed E-state index contributed by atoms with van der Waals surface area (Å²) in [5.74, 6) is 0.00500. The smallest absolute Gasteiger partial charge is 0.224 e. The summed E-state index contributed by atoms with van der Waals surface area (Å²) in [6, 6.07) is 9.89. The van der Waals surface area contributed by atoms with Crippen LogP contribution in [0.3, 0.4) is 0 Å². The van der Waals surface area contributed by atoms with Crippen LogP contribution in [0.1, 0.15) is 24.8 Å². The molecule has 0 unspecified atom stereocenters. The molecule has 1 aliphatic heterocycles. The molecule has 2 heterocycles. The predicted molar refractivity (Wildman–Crippen MR) is 105 cm³/mol. The fourth-order valence-electron chi connectivity index (χ4n) is 4.23. The number of aliphatic hydroxyl groups is 1. The van der Waals surface area contributed by atoms with Gasteiger partial charge in [-0.2, -0.15) is 0 Å². The van der Waals surface area contributed by atoms with E-state index in [-0.39, 0.29) is 11.8 Å². The molecule has 0 radical (unpaired) electrons. The lowest BCUT2D eigenvalue weighted by Gasteiger charge is -2.46. The van der Waals surface area contributed by atoms with E-state index in [1.54, 1.807) is 12.7 Å². The first-order valence-electron chi connectivity index (χ1n) is 9.93. The molecule has 1 fully saturated rings. The molecule has 0 spiro atoms. The zero-order valence-corrected chi connectivity index (χ0v) is 15.9. The van der Waals surface area contributed by atoms with Crippen molar-refractivity contribution in [2.75, 3.05) is 19.6 Å². The van der Waals surface area contributed by atoms with E-state index in [9.17, 15) is 9.90 Å². The molecular formula is C21H27N5O2. The Balaban J connectivity index is 1.48. The second kappa shape index (κ2) is 8.24. The standard InChI is InChI=1S/C21H27N5O2/c27-19-14-25(12-13-26-15-22-23-16-26)11-10-21(19,18-8-2-1-3-9-18)24-20(28)17-6-4-5-7-17/h1-5,8-9,15-17,19,27H,6-7,10-14H2,(H,24,28)/t19-,21+/m1/s1. The Morgan fingerprint density at radius 2 is 1.86 bits per heavy atom. The molecule has 2 atom stereocenters. The minimum atomic E-state index is -0.742. The maximum absolute atomic E-state index is 12.9. The molecule has 4 rings (SSSR count). The third kappa shape index (κ3) is 3.86. The Hall–Kier alpha value is -2.51. The Kier molecular flexibility index (Phi) is 5.54. The number of aliphatic hydroxyl groups excluding tert-OH is 1. The van der Waals surface area contributed by atoms with E-state index >= 15 is 0 Å². The van der Waals surface area contributed by atoms with Crippen LogP contribution < -0.4 is 5.32 Å². The number of hydrogen-bond donors (Lipinski definition) is 2. The van der Waals surface area contributed by atoms with Gasteiger partial charge in [-0.3, -0.25) is 9.69 Å². The molecule has 0 saturated carbocycles. The maximum Gasteiger partial charge on any atom is 0.224 e. The van der Waals surface area contributed by atoms with Crippen LogP contribution in [-0.2, 0) is 16.9 Å². The van der Waals surface area contributed by atoms with Crippen LogP contribution in [0.2, 0.25) is 0 Å². The summed E-state index contributed by atoms with van der Waals surface area (Å²) in [5.41, 5.74) is 0.230. The monoisotopic (exact) mass is 381 g/mol. The molecule has 2 aliphatic rings. The third-order valence-corrected chi connectivity index (χ3v) is 5.98. The van der Waals surface area contributed by atoms with E-state index < -0.39 is 11.6 Å². The first-order chi connectivity index (χ1) is 13.7. The number of aromatic nitrogens is 3. The Labute approximate surface area is 165 Å². The number of allylic oxidation sites excluding steroid dienone is 2. The van der Waals surface area contributed by atoms with Crippen molar-refractivity contribution in [2.24, 2.45) is 5.92 Å². The number of likely N-dealkylation sites (tertiary alicyclic amines) is 1. The van der Waals surface area contributed by atoms with Crippen LogP contribution in [0.5, 0.6) is 0 Å². The highest BCUT2D eigenvalue weighted by Gasteiger charge is 2.45. The van der Waals surface area contributed by atoms with Crippen LogP contribution in [0.25, 0.3) is 0 Å². The number of nitrogens with zero attached hydrogens (tertiary/aromatic N) is 4. The van der Waals surface area contributed by atoms with Gasteiger partial charge in [0.1, 0.15) is 12.7 Å². The van der Waals surface area contributed by atoms with Gasteiger partial charge >= 0.3 is 0 Å². The largest absolute Gasteiger partial charge is 0.389 e. The van der Waals surface area contributed by atoms with Gasteiger partial charge in [-0.15, -0.1) is 10.2 Å². The Bertz CT molecular complexity index is 799. The van der Waals surface area contributed by atoms with Gasteiger partial charge in [-0.1, -0.05) is 42.5 Å². The van der Waals surface area contributed by atoms with Crippen molar-refractivity contribution >= 4 is 5.91 Å². The van der Waals surface area contributed by atoms with Gasteiger partial charge in [0.15, 0.2) is 0 Å². The highest BCUT2D eigenvalue weighted by molar-refractivity contribution is 5.80. The number of piperidine rings is 1. The third-order valence-electron chi connectivity index (χ3n) is 5.98. The lowest BCUT2D eigenvalue weighted by Crippen LogP contribution is -2.62. The van der Waals surface area contributed by atoms with Crippen LogP contribution in [0.4, 0.5) is 0 Å². The van der Waals surface area contributed by atoms with Crippen LogP contribution >= 0.6 is 0 Å². The molecule has 148 valence electrons. The molecule has 1 amide bonds. The molecule has 2 aromatic rings. The minimum absolute atomic E-state index is 0.0282. The summed E-state index contributed by atoms with van der Waals surface area (Å²) in [6.45, 7) is 2.90.